The van der Waals surface area contributed by atoms with E-state index >= 15 is 0 Å². The molecule has 0 fully saturated rings. The summed E-state index contributed by atoms with van der Waals surface area (Å²) < 4.78 is 1.88. The molecular formula is C20H29N3O. The molecular weight excluding hydrogens is 298 g/mol. The van der Waals surface area contributed by atoms with E-state index in [4.69, 9.17) is 0 Å². The number of nitrogens with one attached hydrogen (secondary N) is 1. The zero-order valence-electron chi connectivity index (χ0n) is 15.7. The van der Waals surface area contributed by atoms with Crippen LogP contribution in [0.1, 0.15) is 59.4 Å². The Balaban J connectivity index is 2.00. The molecule has 1 aromatic heterocycles. The van der Waals surface area contributed by atoms with Gasteiger partial charge in [0.2, 0.25) is 5.91 Å². The molecule has 0 radical (unpaired) electrons. The second-order valence-electron chi connectivity index (χ2n) is 6.65. The fourth-order valence-corrected chi connectivity index (χ4v) is 3.09. The van der Waals surface area contributed by atoms with Crippen LogP contribution in [0.2, 0.25) is 0 Å². The van der Waals surface area contributed by atoms with Crippen LogP contribution in [0.5, 0.6) is 0 Å². The molecule has 2 aromatic rings. The number of carbonyl (C=O) groups is 1. The second kappa shape index (κ2) is 7.65. The highest BCUT2D eigenvalue weighted by molar-refractivity contribution is 5.76. The van der Waals surface area contributed by atoms with E-state index in [1.54, 1.807) is 0 Å². The first-order valence-corrected chi connectivity index (χ1v) is 8.69. The maximum atomic E-state index is 12.4. The van der Waals surface area contributed by atoms with Gasteiger partial charge in [0.15, 0.2) is 0 Å². The molecule has 1 N–H and O–H groups in total. The van der Waals surface area contributed by atoms with E-state index in [1.165, 1.54) is 22.3 Å². The van der Waals surface area contributed by atoms with Crippen LogP contribution in [0.4, 0.5) is 0 Å². The minimum atomic E-state index is 0.0768. The van der Waals surface area contributed by atoms with Gasteiger partial charge in [-0.05, 0) is 62.8 Å². The summed E-state index contributed by atoms with van der Waals surface area (Å²) in [5.41, 5.74) is 7.07. The predicted molar refractivity (Wildman–Crippen MR) is 98.1 cm³/mol. The Hall–Kier alpha value is -2.10. The lowest BCUT2D eigenvalue weighted by Gasteiger charge is -2.18. The number of aryl methyl sites for hydroxylation is 4. The molecule has 0 saturated carbocycles. The van der Waals surface area contributed by atoms with Gasteiger partial charge in [0, 0.05) is 19.2 Å². The first kappa shape index (κ1) is 18.2. The normalized spacial score (nSPS) is 12.2. The highest BCUT2D eigenvalue weighted by atomic mass is 16.1. The summed E-state index contributed by atoms with van der Waals surface area (Å²) in [7, 11) is 1.94. The number of rotatable bonds is 6. The van der Waals surface area contributed by atoms with Crippen molar-refractivity contribution in [3.63, 3.8) is 0 Å². The Morgan fingerprint density at radius 3 is 2.46 bits per heavy atom. The number of hydrogen-bond donors (Lipinski definition) is 1. The van der Waals surface area contributed by atoms with E-state index in [0.29, 0.717) is 6.42 Å². The number of carbonyl (C=O) groups excluding carboxylic acids is 1. The molecule has 1 unspecified atom stereocenters. The summed E-state index contributed by atoms with van der Waals surface area (Å²) in [5, 5.41) is 7.60. The predicted octanol–water partition coefficient (Wildman–Crippen LogP) is 3.85. The summed E-state index contributed by atoms with van der Waals surface area (Å²) in [4.78, 5) is 12.4. The first-order chi connectivity index (χ1) is 11.3. The molecule has 4 heteroatoms. The van der Waals surface area contributed by atoms with Crippen LogP contribution in [0.25, 0.3) is 0 Å². The van der Waals surface area contributed by atoms with Crippen molar-refractivity contribution in [1.82, 2.24) is 15.1 Å². The van der Waals surface area contributed by atoms with Gasteiger partial charge in [-0.15, -0.1) is 0 Å². The Bertz CT molecular complexity index is 731. The summed E-state index contributed by atoms with van der Waals surface area (Å²) in [6.45, 7) is 10.4. The summed E-state index contributed by atoms with van der Waals surface area (Å²) >= 11 is 0. The van der Waals surface area contributed by atoms with Gasteiger partial charge in [-0.25, -0.2) is 0 Å². The summed E-state index contributed by atoms with van der Waals surface area (Å²) in [6.07, 6.45) is 2.12. The molecule has 1 amide bonds. The fourth-order valence-electron chi connectivity index (χ4n) is 3.09. The van der Waals surface area contributed by atoms with Crippen molar-refractivity contribution in [3.8, 4) is 0 Å². The molecule has 24 heavy (non-hydrogen) atoms. The van der Waals surface area contributed by atoms with Gasteiger partial charge in [0.1, 0.15) is 0 Å². The van der Waals surface area contributed by atoms with Gasteiger partial charge in [-0.1, -0.05) is 25.1 Å². The molecule has 1 aromatic carbocycles. The van der Waals surface area contributed by atoms with Crippen molar-refractivity contribution < 1.29 is 4.79 Å². The molecule has 0 spiro atoms. The number of amides is 1. The van der Waals surface area contributed by atoms with Crippen molar-refractivity contribution in [1.29, 1.82) is 0 Å². The Kier molecular flexibility index (Phi) is 5.81. The average Bonchev–Trinajstić information content (AvgIpc) is 2.78. The highest BCUT2D eigenvalue weighted by Crippen LogP contribution is 2.20. The van der Waals surface area contributed by atoms with E-state index in [2.05, 4.69) is 56.3 Å². The lowest BCUT2D eigenvalue weighted by Crippen LogP contribution is -2.28. The Labute approximate surface area is 145 Å². The molecule has 1 heterocycles. The number of aromatic nitrogens is 2. The fraction of sp³-hybridized carbons (Fsp3) is 0.500. The van der Waals surface area contributed by atoms with Gasteiger partial charge in [-0.3, -0.25) is 9.48 Å². The third-order valence-corrected chi connectivity index (χ3v) is 4.94. The second-order valence-corrected chi connectivity index (χ2v) is 6.65. The van der Waals surface area contributed by atoms with Gasteiger partial charge in [0.25, 0.3) is 0 Å². The molecule has 0 aliphatic rings. The number of benzene rings is 1. The molecule has 0 bridgehead atoms. The van der Waals surface area contributed by atoms with Crippen molar-refractivity contribution >= 4 is 5.91 Å². The Morgan fingerprint density at radius 1 is 1.21 bits per heavy atom. The Morgan fingerprint density at radius 2 is 1.92 bits per heavy atom. The topological polar surface area (TPSA) is 46.9 Å². The molecule has 2 rings (SSSR count). The average molecular weight is 327 g/mol. The third-order valence-electron chi connectivity index (χ3n) is 4.94. The van der Waals surface area contributed by atoms with Crippen LogP contribution < -0.4 is 5.32 Å². The maximum absolute atomic E-state index is 12.4. The number of hydrogen-bond acceptors (Lipinski definition) is 2. The standard InChI is InChI=1S/C20H29N3O/c1-7-19(17-9-8-13(2)14(3)12-17)21-20(24)11-10-18-15(4)22-23(6)16(18)5/h8-9,12,19H,7,10-11H2,1-6H3,(H,21,24). The first-order valence-electron chi connectivity index (χ1n) is 8.69. The SMILES string of the molecule is CCC(NC(=O)CCc1c(C)nn(C)c1C)c1ccc(C)c(C)c1. The van der Waals surface area contributed by atoms with Crippen LogP contribution in [0.15, 0.2) is 18.2 Å². The van der Waals surface area contributed by atoms with Crippen LogP contribution >= 0.6 is 0 Å². The number of nitrogens with zero attached hydrogens (tertiary/aromatic N) is 2. The van der Waals surface area contributed by atoms with Crippen LogP contribution in [0, 0.1) is 27.7 Å². The summed E-state index contributed by atoms with van der Waals surface area (Å²) in [6, 6.07) is 6.50. The molecule has 4 nitrogen and oxygen atoms in total. The smallest absolute Gasteiger partial charge is 0.220 e. The van der Waals surface area contributed by atoms with Crippen LogP contribution in [-0.4, -0.2) is 15.7 Å². The van der Waals surface area contributed by atoms with E-state index in [-0.39, 0.29) is 11.9 Å². The van der Waals surface area contributed by atoms with Gasteiger partial charge in [-0.2, -0.15) is 5.10 Å². The minimum Gasteiger partial charge on any atom is -0.349 e. The molecule has 0 aliphatic carbocycles. The monoisotopic (exact) mass is 327 g/mol. The van der Waals surface area contributed by atoms with Crippen molar-refractivity contribution in [2.24, 2.45) is 7.05 Å². The van der Waals surface area contributed by atoms with E-state index in [9.17, 15) is 4.79 Å². The molecule has 1 atom stereocenters. The van der Waals surface area contributed by atoms with Crippen LogP contribution in [0.3, 0.4) is 0 Å². The van der Waals surface area contributed by atoms with E-state index in [0.717, 1.165) is 24.2 Å². The van der Waals surface area contributed by atoms with Gasteiger partial charge >= 0.3 is 0 Å². The van der Waals surface area contributed by atoms with Gasteiger partial charge in [0.05, 0.1) is 11.7 Å². The lowest BCUT2D eigenvalue weighted by molar-refractivity contribution is -0.121. The summed E-state index contributed by atoms with van der Waals surface area (Å²) in [5.74, 6) is 0.0998. The quantitative estimate of drug-likeness (QED) is 0.876. The zero-order chi connectivity index (χ0) is 17.9. The zero-order valence-corrected chi connectivity index (χ0v) is 15.7. The van der Waals surface area contributed by atoms with Crippen LogP contribution in [-0.2, 0) is 18.3 Å². The lowest BCUT2D eigenvalue weighted by atomic mass is 9.99. The highest BCUT2D eigenvalue weighted by Gasteiger charge is 2.15. The van der Waals surface area contributed by atoms with Gasteiger partial charge < -0.3 is 5.32 Å². The third kappa shape index (κ3) is 4.05. The maximum Gasteiger partial charge on any atom is 0.220 e. The van der Waals surface area contributed by atoms with Crippen molar-refractivity contribution in [3.05, 3.63) is 51.8 Å². The molecule has 0 saturated heterocycles. The van der Waals surface area contributed by atoms with Crippen molar-refractivity contribution in [2.75, 3.05) is 0 Å². The van der Waals surface area contributed by atoms with Crippen molar-refractivity contribution in [2.45, 2.75) is 59.9 Å². The van der Waals surface area contributed by atoms with E-state index < -0.39 is 0 Å². The van der Waals surface area contributed by atoms with E-state index in [1.807, 2.05) is 18.7 Å². The minimum absolute atomic E-state index is 0.0768. The molecule has 0 aliphatic heterocycles. The largest absolute Gasteiger partial charge is 0.349 e. The molecule has 130 valence electrons.